The number of hydrogen-bond acceptors (Lipinski definition) is 2. The van der Waals surface area contributed by atoms with Crippen molar-refractivity contribution >= 4 is 5.97 Å². The highest BCUT2D eigenvalue weighted by Gasteiger charge is 2.45. The molecule has 3 nitrogen and oxygen atoms in total. The van der Waals surface area contributed by atoms with Gasteiger partial charge < -0.3 is 10.0 Å². The summed E-state index contributed by atoms with van der Waals surface area (Å²) >= 11 is 0. The van der Waals surface area contributed by atoms with Crippen LogP contribution in [-0.4, -0.2) is 35.7 Å². The maximum Gasteiger partial charge on any atom is 0.403 e. The molecule has 0 aliphatic carbocycles. The van der Waals surface area contributed by atoms with Crippen molar-refractivity contribution in [1.82, 2.24) is 4.90 Å². The average molecular weight is 261 g/mol. The summed E-state index contributed by atoms with van der Waals surface area (Å²) in [5.74, 6) is -4.20. The van der Waals surface area contributed by atoms with Gasteiger partial charge in [-0.05, 0) is 12.6 Å². The summed E-state index contributed by atoms with van der Waals surface area (Å²) in [5, 5.41) is 8.58. The lowest BCUT2D eigenvalue weighted by molar-refractivity contribution is -0.196. The van der Waals surface area contributed by atoms with E-state index in [1.165, 1.54) is 11.9 Å². The molecule has 0 radical (unpaired) electrons. The summed E-state index contributed by atoms with van der Waals surface area (Å²) in [6, 6.07) is 8.92. The van der Waals surface area contributed by atoms with Crippen molar-refractivity contribution in [1.29, 1.82) is 0 Å². The Morgan fingerprint density at radius 1 is 1.33 bits per heavy atom. The molecule has 1 aromatic rings. The summed E-state index contributed by atoms with van der Waals surface area (Å²) in [7, 11) is 1.47. The van der Waals surface area contributed by atoms with E-state index in [1.807, 2.05) is 0 Å². The molecule has 0 saturated carbocycles. The SMILES string of the molecule is CN(Cc1ccccc1)CC(C(=O)O)C(F)(F)F. The smallest absolute Gasteiger partial charge is 0.403 e. The van der Waals surface area contributed by atoms with Gasteiger partial charge in [-0.1, -0.05) is 30.3 Å². The molecule has 1 unspecified atom stereocenters. The van der Waals surface area contributed by atoms with Gasteiger partial charge in [0.15, 0.2) is 5.92 Å². The fourth-order valence-electron chi connectivity index (χ4n) is 1.59. The zero-order valence-corrected chi connectivity index (χ0v) is 9.81. The number of alkyl halides is 3. The van der Waals surface area contributed by atoms with Gasteiger partial charge >= 0.3 is 12.1 Å². The van der Waals surface area contributed by atoms with Crippen LogP contribution in [0.25, 0.3) is 0 Å². The Labute approximate surface area is 103 Å². The number of carboxylic acids is 1. The second-order valence-corrected chi connectivity index (χ2v) is 4.11. The van der Waals surface area contributed by atoms with Gasteiger partial charge in [-0.15, -0.1) is 0 Å². The van der Waals surface area contributed by atoms with Crippen LogP contribution in [0.2, 0.25) is 0 Å². The van der Waals surface area contributed by atoms with Crippen molar-refractivity contribution < 1.29 is 23.1 Å². The van der Waals surface area contributed by atoms with Crippen LogP contribution in [-0.2, 0) is 11.3 Å². The fourth-order valence-corrected chi connectivity index (χ4v) is 1.59. The van der Waals surface area contributed by atoms with Gasteiger partial charge in [0, 0.05) is 13.1 Å². The molecule has 0 fully saturated rings. The van der Waals surface area contributed by atoms with Gasteiger partial charge in [0.1, 0.15) is 0 Å². The maximum atomic E-state index is 12.5. The molecule has 6 heteroatoms. The number of aliphatic carboxylic acids is 1. The van der Waals surface area contributed by atoms with E-state index in [0.29, 0.717) is 0 Å². The van der Waals surface area contributed by atoms with E-state index in [0.717, 1.165) is 5.56 Å². The van der Waals surface area contributed by atoms with E-state index in [4.69, 9.17) is 5.11 Å². The average Bonchev–Trinajstić information content (AvgIpc) is 2.25. The Kier molecular flexibility index (Phi) is 4.72. The third kappa shape index (κ3) is 4.37. The minimum atomic E-state index is -4.73. The van der Waals surface area contributed by atoms with Crippen LogP contribution >= 0.6 is 0 Å². The molecular weight excluding hydrogens is 247 g/mol. The highest BCUT2D eigenvalue weighted by atomic mass is 19.4. The van der Waals surface area contributed by atoms with Gasteiger partial charge in [-0.25, -0.2) is 0 Å². The molecule has 0 bridgehead atoms. The predicted octanol–water partition coefficient (Wildman–Crippen LogP) is 2.38. The van der Waals surface area contributed by atoms with E-state index in [-0.39, 0.29) is 6.54 Å². The molecule has 0 heterocycles. The Hall–Kier alpha value is -1.56. The monoisotopic (exact) mass is 261 g/mol. The standard InChI is InChI=1S/C12H14F3NO2/c1-16(7-9-5-3-2-4-6-9)8-10(11(17)18)12(13,14)15/h2-6,10H,7-8H2,1H3,(H,17,18). The second kappa shape index (κ2) is 5.86. The number of carboxylic acid groups (broad SMARTS) is 1. The van der Waals surface area contributed by atoms with Crippen molar-refractivity contribution in [2.24, 2.45) is 5.92 Å². The summed E-state index contributed by atoms with van der Waals surface area (Å²) < 4.78 is 37.4. The quantitative estimate of drug-likeness (QED) is 0.884. The summed E-state index contributed by atoms with van der Waals surface area (Å²) in [4.78, 5) is 11.9. The lowest BCUT2D eigenvalue weighted by Crippen LogP contribution is -2.39. The largest absolute Gasteiger partial charge is 0.481 e. The molecular formula is C12H14F3NO2. The molecule has 1 rings (SSSR count). The number of rotatable bonds is 5. The lowest BCUT2D eigenvalue weighted by Gasteiger charge is -2.23. The van der Waals surface area contributed by atoms with Crippen LogP contribution in [0.3, 0.4) is 0 Å². The maximum absolute atomic E-state index is 12.5. The van der Waals surface area contributed by atoms with Crippen LogP contribution in [0.5, 0.6) is 0 Å². The number of nitrogens with zero attached hydrogens (tertiary/aromatic N) is 1. The number of carbonyl (C=O) groups is 1. The fraction of sp³-hybridized carbons (Fsp3) is 0.417. The molecule has 18 heavy (non-hydrogen) atoms. The molecule has 1 aromatic carbocycles. The molecule has 0 saturated heterocycles. The highest BCUT2D eigenvalue weighted by molar-refractivity contribution is 5.71. The molecule has 100 valence electrons. The van der Waals surface area contributed by atoms with Crippen LogP contribution in [0, 0.1) is 5.92 Å². The third-order valence-corrected chi connectivity index (χ3v) is 2.48. The molecule has 0 amide bonds. The molecule has 0 aromatic heterocycles. The first-order valence-corrected chi connectivity index (χ1v) is 5.32. The first-order chi connectivity index (χ1) is 8.30. The van der Waals surface area contributed by atoms with Gasteiger partial charge in [0.05, 0.1) is 0 Å². The van der Waals surface area contributed by atoms with Gasteiger partial charge in [0.25, 0.3) is 0 Å². The number of benzene rings is 1. The Balaban J connectivity index is 2.63. The van der Waals surface area contributed by atoms with Crippen molar-refractivity contribution in [2.75, 3.05) is 13.6 Å². The van der Waals surface area contributed by atoms with E-state index >= 15 is 0 Å². The van der Waals surface area contributed by atoms with E-state index in [1.54, 1.807) is 30.3 Å². The zero-order valence-electron chi connectivity index (χ0n) is 9.81. The lowest BCUT2D eigenvalue weighted by atomic mass is 10.1. The third-order valence-electron chi connectivity index (χ3n) is 2.48. The molecule has 0 spiro atoms. The van der Waals surface area contributed by atoms with E-state index < -0.39 is 24.6 Å². The minimum absolute atomic E-state index is 0.278. The Morgan fingerprint density at radius 3 is 2.33 bits per heavy atom. The van der Waals surface area contributed by atoms with Crippen molar-refractivity contribution in [2.45, 2.75) is 12.7 Å². The first kappa shape index (κ1) is 14.5. The van der Waals surface area contributed by atoms with Gasteiger partial charge in [-0.3, -0.25) is 4.79 Å². The topological polar surface area (TPSA) is 40.5 Å². The van der Waals surface area contributed by atoms with E-state index in [2.05, 4.69) is 0 Å². The number of halogens is 3. The molecule has 1 atom stereocenters. The molecule has 0 aliphatic heterocycles. The predicted molar refractivity (Wildman–Crippen MR) is 60.0 cm³/mol. The minimum Gasteiger partial charge on any atom is -0.481 e. The van der Waals surface area contributed by atoms with Crippen LogP contribution < -0.4 is 0 Å². The second-order valence-electron chi connectivity index (χ2n) is 4.11. The summed E-state index contributed by atoms with van der Waals surface area (Å²) in [6.07, 6.45) is -4.73. The zero-order chi connectivity index (χ0) is 13.8. The van der Waals surface area contributed by atoms with Crippen molar-refractivity contribution in [3.8, 4) is 0 Å². The molecule has 1 N–H and O–H groups in total. The van der Waals surface area contributed by atoms with Crippen LogP contribution in [0.4, 0.5) is 13.2 Å². The normalized spacial score (nSPS) is 13.6. The van der Waals surface area contributed by atoms with Gasteiger partial charge in [0.2, 0.25) is 0 Å². The van der Waals surface area contributed by atoms with Crippen LogP contribution in [0.15, 0.2) is 30.3 Å². The van der Waals surface area contributed by atoms with Gasteiger partial charge in [-0.2, -0.15) is 13.2 Å². The summed E-state index contributed by atoms with van der Waals surface area (Å²) in [6.45, 7) is -0.283. The molecule has 0 aliphatic rings. The van der Waals surface area contributed by atoms with Crippen molar-refractivity contribution in [3.05, 3.63) is 35.9 Å². The Morgan fingerprint density at radius 2 is 1.89 bits per heavy atom. The Bertz CT molecular complexity index is 392. The van der Waals surface area contributed by atoms with Crippen LogP contribution in [0.1, 0.15) is 5.56 Å². The van der Waals surface area contributed by atoms with E-state index in [9.17, 15) is 18.0 Å². The highest BCUT2D eigenvalue weighted by Crippen LogP contribution is 2.27. The first-order valence-electron chi connectivity index (χ1n) is 5.32. The van der Waals surface area contributed by atoms with Crippen molar-refractivity contribution in [3.63, 3.8) is 0 Å². The summed E-state index contributed by atoms with van der Waals surface area (Å²) in [5.41, 5.74) is 0.839. The number of hydrogen-bond donors (Lipinski definition) is 1.